The van der Waals surface area contributed by atoms with Crippen molar-refractivity contribution in [2.75, 3.05) is 11.7 Å². The van der Waals surface area contributed by atoms with Gasteiger partial charge in [0.15, 0.2) is 11.5 Å². The lowest BCUT2D eigenvalue weighted by Crippen LogP contribution is -2.67. The van der Waals surface area contributed by atoms with Gasteiger partial charge in [-0.2, -0.15) is 0 Å². The summed E-state index contributed by atoms with van der Waals surface area (Å²) >= 11 is 6.01. The molecule has 0 unspecified atom stereocenters. The van der Waals surface area contributed by atoms with Crippen LogP contribution in [-0.4, -0.2) is 40.4 Å². The first-order chi connectivity index (χ1) is 16.8. The maximum absolute atomic E-state index is 13.5. The number of carbonyl (C=O) groups is 3. The van der Waals surface area contributed by atoms with Crippen molar-refractivity contribution in [2.45, 2.75) is 12.1 Å². The zero-order valence-corrected chi connectivity index (χ0v) is 18.5. The van der Waals surface area contributed by atoms with E-state index in [0.717, 1.165) is 17.0 Å². The number of benzene rings is 3. The second-order valence-electron chi connectivity index (χ2n) is 8.15. The molecule has 3 aromatic carbocycles. The third kappa shape index (κ3) is 3.07. The van der Waals surface area contributed by atoms with E-state index in [1.807, 2.05) is 0 Å². The van der Waals surface area contributed by atoms with Crippen LogP contribution in [0.4, 0.5) is 11.4 Å². The Morgan fingerprint density at radius 2 is 1.54 bits per heavy atom. The number of hydrogen-bond acceptors (Lipinski definition) is 7. The van der Waals surface area contributed by atoms with E-state index in [4.69, 9.17) is 21.1 Å². The average Bonchev–Trinajstić information content (AvgIpc) is 3.41. The molecule has 35 heavy (non-hydrogen) atoms. The predicted octanol–water partition coefficient (Wildman–Crippen LogP) is 3.73. The molecule has 0 spiro atoms. The number of β-lactam (4-membered cyclic amide) rings is 1. The quantitative estimate of drug-likeness (QED) is 0.236. The molecule has 1 fully saturated rings. The molecule has 6 rings (SSSR count). The van der Waals surface area contributed by atoms with Crippen LogP contribution in [0.5, 0.6) is 11.5 Å². The molecule has 0 saturated carbocycles. The van der Waals surface area contributed by atoms with Crippen molar-refractivity contribution in [3.63, 3.8) is 0 Å². The van der Waals surface area contributed by atoms with Gasteiger partial charge in [-0.15, -0.1) is 0 Å². The Morgan fingerprint density at radius 3 is 2.29 bits per heavy atom. The highest BCUT2D eigenvalue weighted by Crippen LogP contribution is 2.46. The average molecular weight is 492 g/mol. The molecular weight excluding hydrogens is 478 g/mol. The highest BCUT2D eigenvalue weighted by molar-refractivity contribution is 6.30. The van der Waals surface area contributed by atoms with E-state index in [1.165, 1.54) is 11.0 Å². The summed E-state index contributed by atoms with van der Waals surface area (Å²) in [5, 5.41) is 11.7. The van der Waals surface area contributed by atoms with Crippen LogP contribution >= 0.6 is 11.6 Å². The van der Waals surface area contributed by atoms with Crippen LogP contribution in [0, 0.1) is 10.1 Å². The molecule has 1 saturated heterocycles. The Morgan fingerprint density at radius 1 is 0.829 bits per heavy atom. The highest BCUT2D eigenvalue weighted by atomic mass is 35.5. The van der Waals surface area contributed by atoms with Crippen molar-refractivity contribution in [1.82, 2.24) is 4.90 Å². The SMILES string of the molecule is O=C1c2ccc([N+](=O)[O-])cc2C(=O)N1[C@H]1C(=O)N(c2ccc(Cl)cc2)[C@@H]1c1ccc2c(c1)OCO2. The Kier molecular flexibility index (Phi) is 4.55. The summed E-state index contributed by atoms with van der Waals surface area (Å²) in [4.78, 5) is 52.8. The standard InChI is InChI=1S/C24H14ClN3O7/c25-13-2-4-14(5-3-13)26-20(12-1-8-18-19(9-12)35-11-34-18)21(24(26)31)27-22(29)16-7-6-15(28(32)33)10-17(16)23(27)30/h1-10,20-21H,11H2/t20-,21-/m1/s1. The van der Waals surface area contributed by atoms with Gasteiger partial charge in [-0.3, -0.25) is 29.4 Å². The fraction of sp³-hybridized carbons (Fsp3) is 0.125. The maximum Gasteiger partial charge on any atom is 0.270 e. The third-order valence-corrected chi connectivity index (χ3v) is 6.55. The summed E-state index contributed by atoms with van der Waals surface area (Å²) in [6.45, 7) is 0.0594. The van der Waals surface area contributed by atoms with Crippen molar-refractivity contribution in [1.29, 1.82) is 0 Å². The van der Waals surface area contributed by atoms with Gasteiger partial charge in [0.2, 0.25) is 6.79 Å². The number of nitro groups is 1. The number of fused-ring (bicyclic) bond motifs is 2. The minimum Gasteiger partial charge on any atom is -0.454 e. The molecule has 3 aliphatic heterocycles. The topological polar surface area (TPSA) is 119 Å². The zero-order chi connectivity index (χ0) is 24.4. The van der Waals surface area contributed by atoms with Gasteiger partial charge in [0.25, 0.3) is 23.4 Å². The number of nitrogens with zero attached hydrogens (tertiary/aromatic N) is 3. The third-order valence-electron chi connectivity index (χ3n) is 6.30. The molecule has 0 radical (unpaired) electrons. The molecule has 10 nitrogen and oxygen atoms in total. The van der Waals surface area contributed by atoms with E-state index in [-0.39, 0.29) is 23.6 Å². The minimum atomic E-state index is -1.16. The molecule has 174 valence electrons. The Labute approximate surface area is 202 Å². The normalized spacial score (nSPS) is 20.2. The summed E-state index contributed by atoms with van der Waals surface area (Å²) in [5.74, 6) is -0.885. The Bertz CT molecular complexity index is 1460. The fourth-order valence-electron chi connectivity index (χ4n) is 4.66. The Hall–Kier alpha value is -4.44. The van der Waals surface area contributed by atoms with Crippen LogP contribution in [0.1, 0.15) is 32.3 Å². The number of rotatable bonds is 4. The predicted molar refractivity (Wildman–Crippen MR) is 122 cm³/mol. The number of carbonyl (C=O) groups excluding carboxylic acids is 3. The van der Waals surface area contributed by atoms with Crippen molar-refractivity contribution in [2.24, 2.45) is 0 Å². The lowest BCUT2D eigenvalue weighted by atomic mass is 9.86. The van der Waals surface area contributed by atoms with Crippen molar-refractivity contribution in [3.8, 4) is 11.5 Å². The zero-order valence-electron chi connectivity index (χ0n) is 17.7. The molecule has 3 heterocycles. The highest BCUT2D eigenvalue weighted by Gasteiger charge is 2.57. The van der Waals surface area contributed by atoms with Gasteiger partial charge in [-0.05, 0) is 48.0 Å². The summed E-state index contributed by atoms with van der Waals surface area (Å²) in [5.41, 5.74) is 0.748. The van der Waals surface area contributed by atoms with E-state index >= 15 is 0 Å². The largest absolute Gasteiger partial charge is 0.454 e. The minimum absolute atomic E-state index is 0.0165. The fourth-order valence-corrected chi connectivity index (χ4v) is 4.78. The lowest BCUT2D eigenvalue weighted by molar-refractivity contribution is -0.384. The first kappa shape index (κ1) is 21.1. The van der Waals surface area contributed by atoms with E-state index < -0.39 is 34.7 Å². The summed E-state index contributed by atoms with van der Waals surface area (Å²) in [6.07, 6.45) is 0. The molecule has 3 aliphatic rings. The van der Waals surface area contributed by atoms with E-state index in [0.29, 0.717) is 27.8 Å². The van der Waals surface area contributed by atoms with E-state index in [1.54, 1.807) is 42.5 Å². The lowest BCUT2D eigenvalue weighted by Gasteiger charge is -2.49. The van der Waals surface area contributed by atoms with Gasteiger partial charge >= 0.3 is 0 Å². The number of anilines is 1. The number of imide groups is 1. The first-order valence-corrected chi connectivity index (χ1v) is 10.9. The monoisotopic (exact) mass is 491 g/mol. The second kappa shape index (κ2) is 7.54. The van der Waals surface area contributed by atoms with Crippen LogP contribution in [0.3, 0.4) is 0 Å². The molecular formula is C24H14ClN3O7. The molecule has 0 aromatic heterocycles. The van der Waals surface area contributed by atoms with Crippen molar-refractivity contribution >= 4 is 40.7 Å². The molecule has 0 bridgehead atoms. The molecule has 11 heteroatoms. The van der Waals surface area contributed by atoms with Crippen molar-refractivity contribution in [3.05, 3.63) is 92.5 Å². The van der Waals surface area contributed by atoms with E-state index in [9.17, 15) is 24.5 Å². The Balaban J connectivity index is 1.43. The van der Waals surface area contributed by atoms with Crippen LogP contribution < -0.4 is 14.4 Å². The van der Waals surface area contributed by atoms with Crippen LogP contribution in [0.2, 0.25) is 5.02 Å². The number of non-ortho nitro benzene ring substituents is 1. The van der Waals surface area contributed by atoms with Crippen molar-refractivity contribution < 1.29 is 28.8 Å². The van der Waals surface area contributed by atoms with Gasteiger partial charge < -0.3 is 14.4 Å². The first-order valence-electron chi connectivity index (χ1n) is 10.5. The summed E-state index contributed by atoms with van der Waals surface area (Å²) in [7, 11) is 0. The number of nitro benzene ring substituents is 1. The molecule has 3 amide bonds. The second-order valence-corrected chi connectivity index (χ2v) is 8.59. The molecule has 0 N–H and O–H groups in total. The number of ether oxygens (including phenoxy) is 2. The summed E-state index contributed by atoms with van der Waals surface area (Å²) in [6, 6.07) is 13.3. The number of amides is 3. The van der Waals surface area contributed by atoms with Crippen LogP contribution in [0.15, 0.2) is 60.7 Å². The van der Waals surface area contributed by atoms with Gasteiger partial charge in [0, 0.05) is 22.8 Å². The summed E-state index contributed by atoms with van der Waals surface area (Å²) < 4.78 is 10.8. The molecule has 2 atom stereocenters. The van der Waals surface area contributed by atoms with Crippen LogP contribution in [-0.2, 0) is 4.79 Å². The van der Waals surface area contributed by atoms with Gasteiger partial charge in [0.05, 0.1) is 22.1 Å². The maximum atomic E-state index is 13.5. The van der Waals surface area contributed by atoms with Gasteiger partial charge in [0.1, 0.15) is 6.04 Å². The van der Waals surface area contributed by atoms with E-state index in [2.05, 4.69) is 0 Å². The van der Waals surface area contributed by atoms with Crippen LogP contribution in [0.25, 0.3) is 0 Å². The molecule has 3 aromatic rings. The molecule has 0 aliphatic carbocycles. The number of hydrogen-bond donors (Lipinski definition) is 0. The number of halogens is 1. The van der Waals surface area contributed by atoms with Gasteiger partial charge in [-0.1, -0.05) is 17.7 Å². The smallest absolute Gasteiger partial charge is 0.270 e. The van der Waals surface area contributed by atoms with Gasteiger partial charge in [-0.25, -0.2) is 0 Å².